The van der Waals surface area contributed by atoms with Gasteiger partial charge in [0, 0.05) is 19.2 Å². The lowest BCUT2D eigenvalue weighted by Gasteiger charge is -2.29. The molecule has 3 amide bonds. The molecular formula is C24H24F5N3O5. The average Bonchev–Trinajstić information content (AvgIpc) is 2.94. The molecule has 2 atom stereocenters. The van der Waals surface area contributed by atoms with Crippen molar-refractivity contribution in [2.45, 2.75) is 30.7 Å². The number of halogens is 5. The summed E-state index contributed by atoms with van der Waals surface area (Å²) >= 11 is 0. The van der Waals surface area contributed by atoms with Crippen molar-refractivity contribution in [3.05, 3.63) is 54.1 Å². The van der Waals surface area contributed by atoms with Crippen molar-refractivity contribution in [3.63, 3.8) is 0 Å². The molecule has 37 heavy (non-hydrogen) atoms. The quantitative estimate of drug-likeness (QED) is 0.360. The normalized spacial score (nSPS) is 17.2. The maximum Gasteiger partial charge on any atom is 0.455 e. The molecule has 2 aromatic rings. The molecular weight excluding hydrogens is 505 g/mol. The van der Waals surface area contributed by atoms with Crippen molar-refractivity contribution >= 4 is 23.4 Å². The molecule has 0 saturated heterocycles. The van der Waals surface area contributed by atoms with Gasteiger partial charge in [0.15, 0.2) is 0 Å². The number of para-hydroxylation sites is 1. The Kier molecular flexibility index (Phi) is 7.89. The molecule has 0 aliphatic carbocycles. The molecule has 0 radical (unpaired) electrons. The summed E-state index contributed by atoms with van der Waals surface area (Å²) in [5, 5.41) is 14.0. The number of rotatable bonds is 8. The van der Waals surface area contributed by atoms with Crippen LogP contribution >= 0.6 is 0 Å². The number of hydrogen-bond acceptors (Lipinski definition) is 5. The van der Waals surface area contributed by atoms with E-state index in [-0.39, 0.29) is 13.2 Å². The van der Waals surface area contributed by atoms with Gasteiger partial charge in [0.05, 0.1) is 18.8 Å². The monoisotopic (exact) mass is 529 g/mol. The number of alkyl halides is 5. The minimum atomic E-state index is -5.95. The molecule has 0 bridgehead atoms. The van der Waals surface area contributed by atoms with Gasteiger partial charge in [0.1, 0.15) is 6.04 Å². The molecule has 1 aliphatic rings. The van der Waals surface area contributed by atoms with E-state index in [1.165, 1.54) is 17.3 Å². The Hall–Kier alpha value is -3.58. The van der Waals surface area contributed by atoms with Crippen LogP contribution in [-0.2, 0) is 19.1 Å². The van der Waals surface area contributed by atoms with Gasteiger partial charge in [-0.05, 0) is 24.1 Å². The van der Waals surface area contributed by atoms with E-state index in [9.17, 15) is 41.4 Å². The van der Waals surface area contributed by atoms with Crippen LogP contribution in [0.2, 0.25) is 0 Å². The number of benzene rings is 2. The van der Waals surface area contributed by atoms with Crippen LogP contribution in [0.15, 0.2) is 48.5 Å². The fourth-order valence-corrected chi connectivity index (χ4v) is 3.73. The summed E-state index contributed by atoms with van der Waals surface area (Å²) < 4.78 is 68.7. The van der Waals surface area contributed by atoms with Crippen LogP contribution in [-0.4, -0.2) is 67.3 Å². The summed E-state index contributed by atoms with van der Waals surface area (Å²) in [6, 6.07) is 12.0. The molecule has 3 N–H and O–H groups in total. The standard InChI is InChI=1S/C24H24F5N3O5/c1-22(36,20(34)30-13-23(25,26)24(27,28)29)21(35)31-18-16-9-4-3-7-14(16)15-8-5-6-10-17(15)32(19(18)33)11-12-37-2/h3-10,18,36H,11-13H2,1-2H3,(H,30,34)(H,31,35)/t18?,22-/m0/s1. The smallest absolute Gasteiger partial charge is 0.383 e. The topological polar surface area (TPSA) is 108 Å². The van der Waals surface area contributed by atoms with E-state index in [2.05, 4.69) is 5.32 Å². The van der Waals surface area contributed by atoms with E-state index in [0.717, 1.165) is 0 Å². The Morgan fingerprint density at radius 1 is 1.00 bits per heavy atom. The summed E-state index contributed by atoms with van der Waals surface area (Å²) in [4.78, 5) is 40.2. The molecule has 0 saturated carbocycles. The van der Waals surface area contributed by atoms with Crippen LogP contribution < -0.4 is 15.5 Å². The highest BCUT2D eigenvalue weighted by molar-refractivity contribution is 6.11. The van der Waals surface area contributed by atoms with Crippen LogP contribution in [0, 0.1) is 0 Å². The predicted octanol–water partition coefficient (Wildman–Crippen LogP) is 2.57. The highest BCUT2D eigenvalue weighted by Gasteiger charge is 2.58. The second kappa shape index (κ2) is 10.4. The number of aliphatic hydroxyl groups is 1. The molecule has 200 valence electrons. The van der Waals surface area contributed by atoms with Crippen LogP contribution in [0.25, 0.3) is 11.1 Å². The Morgan fingerprint density at radius 3 is 2.22 bits per heavy atom. The lowest BCUT2D eigenvalue weighted by Crippen LogP contribution is -2.59. The Balaban J connectivity index is 1.93. The molecule has 0 spiro atoms. The zero-order valence-electron chi connectivity index (χ0n) is 19.7. The number of carbonyl (C=O) groups excluding carboxylic acids is 3. The summed E-state index contributed by atoms with van der Waals surface area (Å²) in [6.45, 7) is -1.36. The maximum absolute atomic E-state index is 13.6. The maximum atomic E-state index is 13.6. The molecule has 8 nitrogen and oxygen atoms in total. The third-order valence-corrected chi connectivity index (χ3v) is 5.83. The zero-order valence-corrected chi connectivity index (χ0v) is 19.7. The summed E-state index contributed by atoms with van der Waals surface area (Å²) in [5.41, 5.74) is -1.06. The number of nitrogens with zero attached hydrogens (tertiary/aromatic N) is 1. The van der Waals surface area contributed by atoms with Gasteiger partial charge in [0.2, 0.25) is 5.60 Å². The molecule has 3 rings (SSSR count). The molecule has 13 heteroatoms. The Morgan fingerprint density at radius 2 is 1.59 bits per heavy atom. The van der Waals surface area contributed by atoms with Crippen LogP contribution in [0.4, 0.5) is 27.6 Å². The van der Waals surface area contributed by atoms with E-state index >= 15 is 0 Å². The molecule has 0 aromatic heterocycles. The minimum Gasteiger partial charge on any atom is -0.383 e. The number of amides is 3. The number of methoxy groups -OCH3 is 1. The molecule has 2 aromatic carbocycles. The van der Waals surface area contributed by atoms with Crippen LogP contribution in [0.1, 0.15) is 18.5 Å². The van der Waals surface area contributed by atoms with Crippen molar-refractivity contribution in [3.8, 4) is 11.1 Å². The second-order valence-corrected chi connectivity index (χ2v) is 8.45. The second-order valence-electron chi connectivity index (χ2n) is 8.45. The first-order valence-corrected chi connectivity index (χ1v) is 11.0. The zero-order chi connectivity index (χ0) is 27.6. The van der Waals surface area contributed by atoms with Gasteiger partial charge in [0.25, 0.3) is 17.7 Å². The van der Waals surface area contributed by atoms with Gasteiger partial charge in [-0.15, -0.1) is 0 Å². The van der Waals surface area contributed by atoms with E-state index in [1.807, 2.05) is 0 Å². The third kappa shape index (κ3) is 5.57. The minimum absolute atomic E-state index is 0.0795. The number of nitrogens with one attached hydrogen (secondary N) is 2. The van der Waals surface area contributed by atoms with Crippen LogP contribution in [0.3, 0.4) is 0 Å². The number of hydrogen-bond donors (Lipinski definition) is 3. The fourth-order valence-electron chi connectivity index (χ4n) is 3.73. The number of carbonyl (C=O) groups is 3. The lowest BCUT2D eigenvalue weighted by molar-refractivity contribution is -0.278. The predicted molar refractivity (Wildman–Crippen MR) is 122 cm³/mol. The van der Waals surface area contributed by atoms with Crippen molar-refractivity contribution in [2.24, 2.45) is 0 Å². The first-order valence-electron chi connectivity index (χ1n) is 11.0. The van der Waals surface area contributed by atoms with Gasteiger partial charge in [-0.3, -0.25) is 14.4 Å². The Bertz CT molecular complexity index is 1190. The van der Waals surface area contributed by atoms with Crippen molar-refractivity contribution in [1.82, 2.24) is 10.6 Å². The molecule has 1 aliphatic heterocycles. The third-order valence-electron chi connectivity index (χ3n) is 5.83. The highest BCUT2D eigenvalue weighted by atomic mass is 19.4. The van der Waals surface area contributed by atoms with E-state index < -0.39 is 48.0 Å². The SMILES string of the molecule is COCCN1C(=O)C(NC(=O)[C@@](C)(O)C(=O)NCC(F)(F)C(F)(F)F)c2ccccc2-c2ccccc21. The number of ether oxygens (including phenoxy) is 1. The first-order chi connectivity index (χ1) is 17.2. The van der Waals surface area contributed by atoms with E-state index in [1.54, 1.807) is 48.5 Å². The van der Waals surface area contributed by atoms with Crippen LogP contribution in [0.5, 0.6) is 0 Å². The van der Waals surface area contributed by atoms with Gasteiger partial charge >= 0.3 is 12.1 Å². The first kappa shape index (κ1) is 28.0. The van der Waals surface area contributed by atoms with Crippen molar-refractivity contribution in [1.29, 1.82) is 0 Å². The van der Waals surface area contributed by atoms with Crippen molar-refractivity contribution < 1.29 is 46.2 Å². The summed E-state index contributed by atoms with van der Waals surface area (Å²) in [7, 11) is 1.43. The van der Waals surface area contributed by atoms with E-state index in [4.69, 9.17) is 4.74 Å². The lowest BCUT2D eigenvalue weighted by atomic mass is 9.94. The molecule has 1 heterocycles. The average molecular weight is 529 g/mol. The van der Waals surface area contributed by atoms with Gasteiger partial charge in [-0.1, -0.05) is 42.5 Å². The van der Waals surface area contributed by atoms with E-state index in [0.29, 0.717) is 29.3 Å². The van der Waals surface area contributed by atoms with Gasteiger partial charge < -0.3 is 25.4 Å². The number of anilines is 1. The van der Waals surface area contributed by atoms with Gasteiger partial charge in [-0.2, -0.15) is 22.0 Å². The Labute approximate surface area is 208 Å². The molecule has 1 unspecified atom stereocenters. The fraction of sp³-hybridized carbons (Fsp3) is 0.375. The summed E-state index contributed by atoms with van der Waals surface area (Å²) in [6.07, 6.45) is -5.95. The highest BCUT2D eigenvalue weighted by Crippen LogP contribution is 2.40. The number of fused-ring (bicyclic) bond motifs is 3. The summed E-state index contributed by atoms with van der Waals surface area (Å²) in [5.74, 6) is -9.23. The van der Waals surface area contributed by atoms with Crippen molar-refractivity contribution in [2.75, 3.05) is 31.7 Å². The molecule has 0 fully saturated rings. The largest absolute Gasteiger partial charge is 0.455 e. The van der Waals surface area contributed by atoms with Gasteiger partial charge in [-0.25, -0.2) is 0 Å².